The first-order valence-electron chi connectivity index (χ1n) is 15.1. The zero-order valence-corrected chi connectivity index (χ0v) is 29.3. The minimum Gasteiger partial charge on any atom is -0.459 e. The van der Waals surface area contributed by atoms with Gasteiger partial charge in [0.2, 0.25) is 0 Å². The van der Waals surface area contributed by atoms with Crippen LogP contribution in [-0.2, 0) is 20.1 Å². The Labute approximate surface area is 288 Å². The fourth-order valence-corrected chi connectivity index (χ4v) is 7.37. The molecule has 3 nitrogen and oxygen atoms in total. The van der Waals surface area contributed by atoms with Crippen molar-refractivity contribution in [3.8, 4) is 34.0 Å². The van der Waals surface area contributed by atoms with E-state index in [2.05, 4.69) is 98.3 Å². The first-order chi connectivity index (χ1) is 22.0. The molecule has 0 atom stereocenters. The van der Waals surface area contributed by atoms with E-state index in [1.165, 1.54) is 42.7 Å². The monoisotopic (exact) mass is 791 g/mol. The van der Waals surface area contributed by atoms with Crippen molar-refractivity contribution in [2.45, 2.75) is 27.7 Å². The summed E-state index contributed by atoms with van der Waals surface area (Å²) in [4.78, 5) is 8.96. The van der Waals surface area contributed by atoms with Gasteiger partial charge in [0.1, 0.15) is 11.5 Å². The molecule has 1 aliphatic rings. The van der Waals surface area contributed by atoms with Crippen LogP contribution in [0.2, 0.25) is 0 Å². The standard InChI is InChI=1S/C27H19BNOS.C13H12N.Ir/c1-17-9-7-10-18(2)24(17)28-21-13-3-4-15-23(21)30-25-20-12-8-11-19(26(20)31-27(25)28)22-14-5-6-16-29-22;1-10-8-13(14-9-11(10)2)12-6-4-3-5-7-12;/h3-10,12-16H,1-2H3;3-6,8-9H,1-2H3;/q2*-1;. The van der Waals surface area contributed by atoms with E-state index in [-0.39, 0.29) is 26.8 Å². The molecule has 8 rings (SSSR count). The fraction of sp³-hybridized carbons (Fsp3) is 0.100. The number of hydrogen-bond donors (Lipinski definition) is 0. The SMILES string of the molecule is Cc1cccc(C)c1B1c2ccccc2Oc2c1sc1c(-c3ccccn3)[c-]ccc21.Cc1cnc(-c2[c-]cccc2)cc1C.[Ir]. The molecule has 3 aromatic heterocycles. The third kappa shape index (κ3) is 5.97. The van der Waals surface area contributed by atoms with Crippen molar-refractivity contribution in [1.82, 2.24) is 9.97 Å². The maximum atomic E-state index is 6.53. The molecular formula is C40H31BIrN2OS-2. The van der Waals surface area contributed by atoms with Crippen LogP contribution in [0.1, 0.15) is 22.3 Å². The van der Waals surface area contributed by atoms with E-state index >= 15 is 0 Å². The Morgan fingerprint density at radius 2 is 1.48 bits per heavy atom. The summed E-state index contributed by atoms with van der Waals surface area (Å²) in [5.41, 5.74) is 11.7. The minimum absolute atomic E-state index is 0. The van der Waals surface area contributed by atoms with Crippen LogP contribution in [0.5, 0.6) is 11.5 Å². The number of rotatable bonds is 3. The van der Waals surface area contributed by atoms with Gasteiger partial charge in [0, 0.05) is 37.3 Å². The van der Waals surface area contributed by atoms with E-state index < -0.39 is 0 Å². The number of pyridine rings is 2. The normalized spacial score (nSPS) is 11.4. The summed E-state index contributed by atoms with van der Waals surface area (Å²) < 4.78 is 8.96. The van der Waals surface area contributed by atoms with Crippen LogP contribution in [-0.4, -0.2) is 16.7 Å². The van der Waals surface area contributed by atoms with Gasteiger partial charge in [0.15, 0.2) is 0 Å². The Bertz CT molecular complexity index is 2130. The van der Waals surface area contributed by atoms with E-state index in [1.807, 2.05) is 78.3 Å². The van der Waals surface area contributed by atoms with E-state index in [0.717, 1.165) is 39.4 Å². The number of benzene rings is 4. The molecule has 0 unspecified atom stereocenters. The number of ether oxygens (including phenoxy) is 1. The first kappa shape index (κ1) is 31.6. The minimum atomic E-state index is 0. The Morgan fingerprint density at radius 1 is 0.696 bits per heavy atom. The molecule has 0 amide bonds. The van der Waals surface area contributed by atoms with Gasteiger partial charge in [-0.05, 0) is 72.3 Å². The Morgan fingerprint density at radius 3 is 2.22 bits per heavy atom. The molecule has 0 bridgehead atoms. The molecule has 0 aliphatic carbocycles. The van der Waals surface area contributed by atoms with Gasteiger partial charge in [0.25, 0.3) is 6.71 Å². The van der Waals surface area contributed by atoms with Crippen molar-refractivity contribution in [3.05, 3.63) is 150 Å². The van der Waals surface area contributed by atoms with Crippen molar-refractivity contribution in [1.29, 1.82) is 0 Å². The van der Waals surface area contributed by atoms with Gasteiger partial charge in [-0.2, -0.15) is 11.3 Å². The number of para-hydroxylation sites is 1. The maximum absolute atomic E-state index is 6.53. The number of aromatic nitrogens is 2. The van der Waals surface area contributed by atoms with Crippen LogP contribution >= 0.6 is 11.3 Å². The van der Waals surface area contributed by atoms with E-state index in [1.54, 1.807) is 0 Å². The summed E-state index contributed by atoms with van der Waals surface area (Å²) in [7, 11) is 0. The van der Waals surface area contributed by atoms with Gasteiger partial charge < -0.3 is 14.7 Å². The second kappa shape index (κ2) is 13.6. The summed E-state index contributed by atoms with van der Waals surface area (Å²) in [6, 6.07) is 41.7. The molecule has 0 N–H and O–H groups in total. The zero-order valence-electron chi connectivity index (χ0n) is 26.1. The number of hydrogen-bond acceptors (Lipinski definition) is 4. The summed E-state index contributed by atoms with van der Waals surface area (Å²) in [6.07, 6.45) is 3.74. The third-order valence-electron chi connectivity index (χ3n) is 8.44. The molecule has 4 heterocycles. The van der Waals surface area contributed by atoms with E-state index in [9.17, 15) is 0 Å². The average Bonchev–Trinajstić information content (AvgIpc) is 3.45. The smallest absolute Gasteiger partial charge is 0.263 e. The predicted molar refractivity (Wildman–Crippen MR) is 189 cm³/mol. The molecule has 0 saturated heterocycles. The van der Waals surface area contributed by atoms with Gasteiger partial charge in [-0.15, -0.1) is 59.7 Å². The fourth-order valence-electron chi connectivity index (χ4n) is 6.01. The van der Waals surface area contributed by atoms with Crippen LogP contribution < -0.4 is 20.4 Å². The van der Waals surface area contributed by atoms with Gasteiger partial charge in [-0.3, -0.25) is 0 Å². The van der Waals surface area contributed by atoms with Crippen molar-refractivity contribution < 1.29 is 24.8 Å². The van der Waals surface area contributed by atoms with Crippen LogP contribution in [0.3, 0.4) is 0 Å². The molecule has 1 radical (unpaired) electrons. The molecule has 0 fully saturated rings. The van der Waals surface area contributed by atoms with Crippen molar-refractivity contribution in [2.75, 3.05) is 0 Å². The van der Waals surface area contributed by atoms with Gasteiger partial charge >= 0.3 is 0 Å². The third-order valence-corrected chi connectivity index (χ3v) is 9.71. The number of thiophene rings is 1. The molecule has 227 valence electrons. The van der Waals surface area contributed by atoms with Crippen LogP contribution in [0, 0.1) is 39.8 Å². The van der Waals surface area contributed by atoms with Crippen molar-refractivity contribution in [3.63, 3.8) is 0 Å². The predicted octanol–water partition coefficient (Wildman–Crippen LogP) is 8.17. The summed E-state index contributed by atoms with van der Waals surface area (Å²) in [5, 5.41) is 1.13. The molecule has 46 heavy (non-hydrogen) atoms. The largest absolute Gasteiger partial charge is 0.459 e. The van der Waals surface area contributed by atoms with Crippen LogP contribution in [0.4, 0.5) is 0 Å². The quantitative estimate of drug-likeness (QED) is 0.134. The van der Waals surface area contributed by atoms with Crippen molar-refractivity contribution in [2.24, 2.45) is 0 Å². The maximum Gasteiger partial charge on any atom is 0.263 e. The summed E-state index contributed by atoms with van der Waals surface area (Å²) in [6.45, 7) is 8.74. The Balaban J connectivity index is 0.000000209. The number of aryl methyl sites for hydroxylation is 4. The molecule has 0 saturated carbocycles. The zero-order chi connectivity index (χ0) is 30.9. The first-order valence-corrected chi connectivity index (χ1v) is 15.9. The Hall–Kier alpha value is -4.35. The van der Waals surface area contributed by atoms with Crippen LogP contribution in [0.25, 0.3) is 32.6 Å². The van der Waals surface area contributed by atoms with Crippen molar-refractivity contribution >= 4 is 43.8 Å². The van der Waals surface area contributed by atoms with Crippen LogP contribution in [0.15, 0.2) is 116 Å². The van der Waals surface area contributed by atoms with E-state index in [4.69, 9.17) is 4.74 Å². The molecular weight excluding hydrogens is 760 g/mol. The topological polar surface area (TPSA) is 35.0 Å². The Kier molecular flexibility index (Phi) is 9.33. The number of fused-ring (bicyclic) bond motifs is 4. The second-order valence-electron chi connectivity index (χ2n) is 11.4. The molecule has 0 spiro atoms. The van der Waals surface area contributed by atoms with E-state index in [0.29, 0.717) is 0 Å². The second-order valence-corrected chi connectivity index (χ2v) is 12.5. The van der Waals surface area contributed by atoms with Gasteiger partial charge in [0.05, 0.1) is 0 Å². The molecule has 7 aromatic rings. The molecule has 1 aliphatic heterocycles. The number of nitrogens with zero attached hydrogens (tertiary/aromatic N) is 2. The van der Waals surface area contributed by atoms with Gasteiger partial charge in [-0.1, -0.05) is 76.8 Å². The van der Waals surface area contributed by atoms with Gasteiger partial charge in [-0.25, -0.2) is 0 Å². The molecule has 6 heteroatoms. The molecule has 4 aromatic carbocycles. The summed E-state index contributed by atoms with van der Waals surface area (Å²) in [5.74, 6) is 1.91. The average molecular weight is 791 g/mol. The summed E-state index contributed by atoms with van der Waals surface area (Å²) >= 11 is 1.81.